The molecule has 14 heavy (non-hydrogen) atoms. The van der Waals surface area contributed by atoms with Gasteiger partial charge in [-0.15, -0.1) is 0 Å². The third-order valence-electron chi connectivity index (χ3n) is 3.59. The summed E-state index contributed by atoms with van der Waals surface area (Å²) in [6, 6.07) is 0. The Balaban J connectivity index is 2.14. The van der Waals surface area contributed by atoms with Crippen LogP contribution in [-0.2, 0) is 0 Å². The fourth-order valence-corrected chi connectivity index (χ4v) is 1.96. The highest BCUT2D eigenvalue weighted by Crippen LogP contribution is 2.26. The Kier molecular flexibility index (Phi) is 4.90. The Labute approximate surface area is 88.3 Å². The second-order valence-corrected chi connectivity index (χ2v) is 4.97. The van der Waals surface area contributed by atoms with Crippen LogP contribution in [0, 0.1) is 11.8 Å². The maximum atomic E-state index is 9.85. The normalized spacial score (nSPS) is 22.1. The highest BCUT2D eigenvalue weighted by atomic mass is 16.3. The van der Waals surface area contributed by atoms with Gasteiger partial charge in [0.1, 0.15) is 0 Å². The number of rotatable bonds is 6. The summed E-state index contributed by atoms with van der Waals surface area (Å²) in [6.45, 7) is 6.28. The van der Waals surface area contributed by atoms with Gasteiger partial charge in [-0.05, 0) is 31.7 Å². The summed E-state index contributed by atoms with van der Waals surface area (Å²) >= 11 is 0. The average Bonchev–Trinajstić information content (AvgIpc) is 2.10. The Hall–Kier alpha value is -0.0800. The molecule has 0 heterocycles. The van der Waals surface area contributed by atoms with E-state index in [9.17, 15) is 5.11 Å². The zero-order chi connectivity index (χ0) is 10.6. The van der Waals surface area contributed by atoms with Gasteiger partial charge in [0.25, 0.3) is 0 Å². The fourth-order valence-electron chi connectivity index (χ4n) is 1.96. The van der Waals surface area contributed by atoms with E-state index in [-0.39, 0.29) is 6.10 Å². The summed E-state index contributed by atoms with van der Waals surface area (Å²) in [4.78, 5) is 2.29. The Morgan fingerprint density at radius 1 is 1.43 bits per heavy atom. The van der Waals surface area contributed by atoms with Crippen LogP contribution >= 0.6 is 0 Å². The van der Waals surface area contributed by atoms with E-state index in [0.29, 0.717) is 5.92 Å². The van der Waals surface area contributed by atoms with Gasteiger partial charge < -0.3 is 10.0 Å². The molecule has 0 spiro atoms. The third kappa shape index (κ3) is 3.58. The van der Waals surface area contributed by atoms with Gasteiger partial charge in [-0.1, -0.05) is 26.7 Å². The molecule has 0 saturated heterocycles. The van der Waals surface area contributed by atoms with Crippen LogP contribution in [0.1, 0.15) is 39.5 Å². The van der Waals surface area contributed by atoms with Crippen LogP contribution in [0.15, 0.2) is 0 Å². The molecule has 84 valence electrons. The number of hydrogen-bond donors (Lipinski definition) is 1. The first kappa shape index (κ1) is 12.0. The van der Waals surface area contributed by atoms with E-state index in [1.165, 1.54) is 25.8 Å². The second-order valence-electron chi connectivity index (χ2n) is 4.97. The molecular formula is C12H25NO. The molecule has 1 fully saturated rings. The molecule has 2 heteroatoms. The first-order chi connectivity index (χ1) is 6.63. The summed E-state index contributed by atoms with van der Waals surface area (Å²) in [5, 5.41) is 9.85. The second kappa shape index (κ2) is 5.72. The molecule has 1 N–H and O–H groups in total. The van der Waals surface area contributed by atoms with Gasteiger partial charge in [-0.25, -0.2) is 0 Å². The molecule has 0 radical (unpaired) electrons. The van der Waals surface area contributed by atoms with Crippen LogP contribution in [0.2, 0.25) is 0 Å². The molecule has 0 aromatic rings. The molecule has 1 saturated carbocycles. The van der Waals surface area contributed by atoms with Crippen molar-refractivity contribution in [2.45, 2.75) is 45.6 Å². The van der Waals surface area contributed by atoms with Crippen molar-refractivity contribution in [3.8, 4) is 0 Å². The molecule has 1 aliphatic rings. The summed E-state index contributed by atoms with van der Waals surface area (Å²) in [5.74, 6) is 1.34. The van der Waals surface area contributed by atoms with Crippen LogP contribution in [0.5, 0.6) is 0 Å². The van der Waals surface area contributed by atoms with Crippen molar-refractivity contribution in [1.82, 2.24) is 4.90 Å². The lowest BCUT2D eigenvalue weighted by Gasteiger charge is -2.32. The standard InChI is InChI=1S/C12H25NO/c1-4-10(2)12(14)9-13(3)8-11-6-5-7-11/h10-12,14H,4-9H2,1-3H3. The van der Waals surface area contributed by atoms with Gasteiger partial charge >= 0.3 is 0 Å². The smallest absolute Gasteiger partial charge is 0.0692 e. The van der Waals surface area contributed by atoms with Crippen molar-refractivity contribution < 1.29 is 5.11 Å². The fraction of sp³-hybridized carbons (Fsp3) is 1.00. The van der Waals surface area contributed by atoms with E-state index in [0.717, 1.165) is 18.9 Å². The van der Waals surface area contributed by atoms with Crippen molar-refractivity contribution in [3.05, 3.63) is 0 Å². The predicted molar refractivity (Wildman–Crippen MR) is 60.3 cm³/mol. The van der Waals surface area contributed by atoms with Crippen LogP contribution in [0.25, 0.3) is 0 Å². The molecule has 2 nitrogen and oxygen atoms in total. The number of aliphatic hydroxyl groups is 1. The zero-order valence-corrected chi connectivity index (χ0v) is 9.87. The van der Waals surface area contributed by atoms with Crippen LogP contribution in [-0.4, -0.2) is 36.2 Å². The van der Waals surface area contributed by atoms with E-state index in [1.54, 1.807) is 0 Å². The van der Waals surface area contributed by atoms with Gasteiger partial charge in [0.05, 0.1) is 6.10 Å². The van der Waals surface area contributed by atoms with E-state index in [1.807, 2.05) is 0 Å². The van der Waals surface area contributed by atoms with E-state index in [2.05, 4.69) is 25.8 Å². The van der Waals surface area contributed by atoms with Gasteiger partial charge in [-0.3, -0.25) is 0 Å². The molecule has 0 bridgehead atoms. The summed E-state index contributed by atoms with van der Waals surface area (Å²) in [7, 11) is 2.13. The van der Waals surface area contributed by atoms with Crippen LogP contribution in [0.3, 0.4) is 0 Å². The topological polar surface area (TPSA) is 23.5 Å². The highest BCUT2D eigenvalue weighted by molar-refractivity contribution is 4.74. The highest BCUT2D eigenvalue weighted by Gasteiger charge is 2.21. The van der Waals surface area contributed by atoms with Crippen molar-refractivity contribution in [3.63, 3.8) is 0 Å². The monoisotopic (exact) mass is 199 g/mol. The van der Waals surface area contributed by atoms with Crippen molar-refractivity contribution in [1.29, 1.82) is 0 Å². The minimum atomic E-state index is -0.148. The Morgan fingerprint density at radius 3 is 2.50 bits per heavy atom. The van der Waals surface area contributed by atoms with Crippen molar-refractivity contribution >= 4 is 0 Å². The lowest BCUT2D eigenvalue weighted by molar-refractivity contribution is 0.0665. The largest absolute Gasteiger partial charge is 0.392 e. The molecule has 0 aliphatic heterocycles. The maximum absolute atomic E-state index is 9.85. The first-order valence-corrected chi connectivity index (χ1v) is 6.00. The molecule has 2 unspecified atom stereocenters. The average molecular weight is 199 g/mol. The molecule has 0 amide bonds. The van der Waals surface area contributed by atoms with Gasteiger partial charge in [0.2, 0.25) is 0 Å². The summed E-state index contributed by atoms with van der Waals surface area (Å²) in [5.41, 5.74) is 0. The summed E-state index contributed by atoms with van der Waals surface area (Å²) < 4.78 is 0. The van der Waals surface area contributed by atoms with Crippen LogP contribution in [0.4, 0.5) is 0 Å². The number of hydrogen-bond acceptors (Lipinski definition) is 2. The minimum Gasteiger partial charge on any atom is -0.392 e. The van der Waals surface area contributed by atoms with E-state index >= 15 is 0 Å². The first-order valence-electron chi connectivity index (χ1n) is 6.00. The molecule has 1 rings (SSSR count). The van der Waals surface area contributed by atoms with Gasteiger partial charge in [0.15, 0.2) is 0 Å². The molecule has 1 aliphatic carbocycles. The van der Waals surface area contributed by atoms with E-state index in [4.69, 9.17) is 0 Å². The Bertz CT molecular complexity index is 156. The third-order valence-corrected chi connectivity index (χ3v) is 3.59. The quantitative estimate of drug-likeness (QED) is 0.708. The zero-order valence-electron chi connectivity index (χ0n) is 9.87. The molecule has 0 aromatic carbocycles. The molecule has 2 atom stereocenters. The maximum Gasteiger partial charge on any atom is 0.0692 e. The number of likely N-dealkylation sites (N-methyl/N-ethyl adjacent to an activating group) is 1. The number of nitrogens with zero attached hydrogens (tertiary/aromatic N) is 1. The Morgan fingerprint density at radius 2 is 2.07 bits per heavy atom. The van der Waals surface area contributed by atoms with Crippen molar-refractivity contribution in [2.75, 3.05) is 20.1 Å². The lowest BCUT2D eigenvalue weighted by Crippen LogP contribution is -2.37. The van der Waals surface area contributed by atoms with Crippen molar-refractivity contribution in [2.24, 2.45) is 11.8 Å². The molecular weight excluding hydrogens is 174 g/mol. The van der Waals surface area contributed by atoms with E-state index < -0.39 is 0 Å². The lowest BCUT2D eigenvalue weighted by atomic mass is 9.85. The summed E-state index contributed by atoms with van der Waals surface area (Å²) in [6.07, 6.45) is 5.11. The van der Waals surface area contributed by atoms with Gasteiger partial charge in [-0.2, -0.15) is 0 Å². The predicted octanol–water partition coefficient (Wildman–Crippen LogP) is 2.13. The van der Waals surface area contributed by atoms with Gasteiger partial charge in [0, 0.05) is 13.1 Å². The minimum absolute atomic E-state index is 0.148. The molecule has 0 aromatic heterocycles. The number of aliphatic hydroxyl groups excluding tert-OH is 1. The van der Waals surface area contributed by atoms with Crippen LogP contribution < -0.4 is 0 Å². The SMILES string of the molecule is CCC(C)C(O)CN(C)CC1CCC1.